The minimum atomic E-state index is 0.799. The Kier molecular flexibility index (Phi) is 3.07. The minimum Gasteiger partial charge on any atom is -0.158 e. The maximum absolute atomic E-state index is 4.27. The SMILES string of the molecule is Brc1cccc(Cc2nncc3ccccc23)c1. The Bertz CT molecular complexity index is 689. The minimum absolute atomic E-state index is 0.799. The van der Waals surface area contributed by atoms with Gasteiger partial charge in [-0.15, -0.1) is 0 Å². The Hall–Kier alpha value is -1.74. The van der Waals surface area contributed by atoms with Crippen LogP contribution in [-0.2, 0) is 6.42 Å². The average Bonchev–Trinajstić information content (AvgIpc) is 2.39. The van der Waals surface area contributed by atoms with E-state index in [1.54, 1.807) is 6.20 Å². The highest BCUT2D eigenvalue weighted by atomic mass is 79.9. The molecule has 3 heteroatoms. The Labute approximate surface area is 114 Å². The van der Waals surface area contributed by atoms with Crippen LogP contribution in [-0.4, -0.2) is 10.2 Å². The second kappa shape index (κ2) is 4.86. The average molecular weight is 299 g/mol. The lowest BCUT2D eigenvalue weighted by atomic mass is 10.1. The molecule has 0 spiro atoms. The Balaban J connectivity index is 2.05. The summed E-state index contributed by atoms with van der Waals surface area (Å²) < 4.78 is 1.09. The van der Waals surface area contributed by atoms with Crippen LogP contribution in [0.3, 0.4) is 0 Å². The van der Waals surface area contributed by atoms with Gasteiger partial charge in [-0.25, -0.2) is 0 Å². The summed E-state index contributed by atoms with van der Waals surface area (Å²) in [5.74, 6) is 0. The molecule has 0 aliphatic heterocycles. The fraction of sp³-hybridized carbons (Fsp3) is 0.0667. The zero-order valence-corrected chi connectivity index (χ0v) is 11.3. The highest BCUT2D eigenvalue weighted by molar-refractivity contribution is 9.10. The molecule has 88 valence electrons. The lowest BCUT2D eigenvalue weighted by Gasteiger charge is -2.05. The van der Waals surface area contributed by atoms with E-state index in [2.05, 4.69) is 50.4 Å². The summed E-state index contributed by atoms with van der Waals surface area (Å²) in [5, 5.41) is 10.6. The van der Waals surface area contributed by atoms with E-state index >= 15 is 0 Å². The third-order valence-corrected chi connectivity index (χ3v) is 3.40. The van der Waals surface area contributed by atoms with Gasteiger partial charge in [0.2, 0.25) is 0 Å². The second-order valence-corrected chi connectivity index (χ2v) is 5.10. The first-order valence-corrected chi connectivity index (χ1v) is 6.56. The number of hydrogen-bond donors (Lipinski definition) is 0. The summed E-state index contributed by atoms with van der Waals surface area (Å²) in [5.41, 5.74) is 2.25. The number of halogens is 1. The van der Waals surface area contributed by atoms with Crippen molar-refractivity contribution >= 4 is 26.7 Å². The van der Waals surface area contributed by atoms with Crippen molar-refractivity contribution in [1.29, 1.82) is 0 Å². The molecule has 1 heterocycles. The van der Waals surface area contributed by atoms with Crippen LogP contribution in [0, 0.1) is 0 Å². The molecule has 0 radical (unpaired) electrons. The van der Waals surface area contributed by atoms with E-state index in [9.17, 15) is 0 Å². The molecule has 0 saturated carbocycles. The molecule has 0 N–H and O–H groups in total. The first-order valence-electron chi connectivity index (χ1n) is 5.77. The van der Waals surface area contributed by atoms with Gasteiger partial charge in [0, 0.05) is 21.7 Å². The van der Waals surface area contributed by atoms with Crippen molar-refractivity contribution in [2.45, 2.75) is 6.42 Å². The van der Waals surface area contributed by atoms with E-state index in [0.717, 1.165) is 22.0 Å². The van der Waals surface area contributed by atoms with Crippen LogP contribution < -0.4 is 0 Å². The molecule has 0 unspecified atom stereocenters. The predicted molar refractivity (Wildman–Crippen MR) is 76.5 cm³/mol. The molecule has 1 aromatic heterocycles. The summed E-state index contributed by atoms with van der Waals surface area (Å²) in [7, 11) is 0. The lowest BCUT2D eigenvalue weighted by Crippen LogP contribution is -1.96. The van der Waals surface area contributed by atoms with Crippen LogP contribution in [0.15, 0.2) is 59.2 Å². The lowest BCUT2D eigenvalue weighted by molar-refractivity contribution is 0.958. The molecular weight excluding hydrogens is 288 g/mol. The van der Waals surface area contributed by atoms with Crippen molar-refractivity contribution in [2.24, 2.45) is 0 Å². The van der Waals surface area contributed by atoms with Crippen LogP contribution in [0.1, 0.15) is 11.3 Å². The molecule has 0 atom stereocenters. The molecule has 0 fully saturated rings. The Morgan fingerprint density at radius 3 is 2.78 bits per heavy atom. The zero-order valence-electron chi connectivity index (χ0n) is 9.68. The number of hydrogen-bond acceptors (Lipinski definition) is 2. The summed E-state index contributed by atoms with van der Waals surface area (Å²) in [4.78, 5) is 0. The molecule has 2 aromatic carbocycles. The normalized spacial score (nSPS) is 10.7. The zero-order chi connectivity index (χ0) is 12.4. The van der Waals surface area contributed by atoms with Crippen LogP contribution in [0.2, 0.25) is 0 Å². The van der Waals surface area contributed by atoms with E-state index in [1.165, 1.54) is 10.9 Å². The maximum atomic E-state index is 4.27. The van der Waals surface area contributed by atoms with Gasteiger partial charge in [0.25, 0.3) is 0 Å². The van der Waals surface area contributed by atoms with Gasteiger partial charge < -0.3 is 0 Å². The highest BCUT2D eigenvalue weighted by Crippen LogP contribution is 2.19. The fourth-order valence-corrected chi connectivity index (χ4v) is 2.50. The summed E-state index contributed by atoms with van der Waals surface area (Å²) in [6.45, 7) is 0. The monoisotopic (exact) mass is 298 g/mol. The van der Waals surface area contributed by atoms with Gasteiger partial charge in [-0.05, 0) is 17.7 Å². The van der Waals surface area contributed by atoms with E-state index in [1.807, 2.05) is 24.3 Å². The van der Waals surface area contributed by atoms with Gasteiger partial charge in [-0.1, -0.05) is 52.3 Å². The predicted octanol–water partition coefficient (Wildman–Crippen LogP) is 3.98. The van der Waals surface area contributed by atoms with Gasteiger partial charge in [0.05, 0.1) is 11.9 Å². The maximum Gasteiger partial charge on any atom is 0.0753 e. The molecule has 0 saturated heterocycles. The van der Waals surface area contributed by atoms with E-state index in [-0.39, 0.29) is 0 Å². The number of benzene rings is 2. The standard InChI is InChI=1S/C15H11BrN2/c16-13-6-3-4-11(8-13)9-15-14-7-2-1-5-12(14)10-17-18-15/h1-8,10H,9H2. The first kappa shape index (κ1) is 11.4. The van der Waals surface area contributed by atoms with Crippen LogP contribution >= 0.6 is 15.9 Å². The molecule has 3 aromatic rings. The number of nitrogens with zero attached hydrogens (tertiary/aromatic N) is 2. The molecule has 0 aliphatic rings. The molecule has 0 aliphatic carbocycles. The summed E-state index contributed by atoms with van der Waals surface area (Å²) in [6, 6.07) is 16.5. The van der Waals surface area contributed by atoms with Gasteiger partial charge >= 0.3 is 0 Å². The van der Waals surface area contributed by atoms with Gasteiger partial charge in [-0.3, -0.25) is 0 Å². The van der Waals surface area contributed by atoms with E-state index < -0.39 is 0 Å². The molecule has 0 bridgehead atoms. The highest BCUT2D eigenvalue weighted by Gasteiger charge is 2.04. The first-order chi connectivity index (χ1) is 8.83. The van der Waals surface area contributed by atoms with Crippen LogP contribution in [0.25, 0.3) is 10.8 Å². The summed E-state index contributed by atoms with van der Waals surface area (Å²) >= 11 is 3.49. The molecule has 3 rings (SSSR count). The van der Waals surface area contributed by atoms with Gasteiger partial charge in [-0.2, -0.15) is 10.2 Å². The molecular formula is C15H11BrN2. The number of aromatic nitrogens is 2. The summed E-state index contributed by atoms with van der Waals surface area (Å²) in [6.07, 6.45) is 2.60. The van der Waals surface area contributed by atoms with Gasteiger partial charge in [0.15, 0.2) is 0 Å². The quantitative estimate of drug-likeness (QED) is 0.715. The molecule has 2 nitrogen and oxygen atoms in total. The van der Waals surface area contributed by atoms with Crippen molar-refractivity contribution in [3.05, 3.63) is 70.5 Å². The van der Waals surface area contributed by atoms with Crippen LogP contribution in [0.4, 0.5) is 0 Å². The number of rotatable bonds is 2. The topological polar surface area (TPSA) is 25.8 Å². The van der Waals surface area contributed by atoms with Gasteiger partial charge in [0.1, 0.15) is 0 Å². The third-order valence-electron chi connectivity index (χ3n) is 2.91. The Morgan fingerprint density at radius 2 is 1.89 bits per heavy atom. The van der Waals surface area contributed by atoms with E-state index in [4.69, 9.17) is 0 Å². The third kappa shape index (κ3) is 2.27. The van der Waals surface area contributed by atoms with Crippen molar-refractivity contribution in [3.8, 4) is 0 Å². The van der Waals surface area contributed by atoms with Crippen LogP contribution in [0.5, 0.6) is 0 Å². The largest absolute Gasteiger partial charge is 0.158 e. The van der Waals surface area contributed by atoms with Crippen molar-refractivity contribution in [2.75, 3.05) is 0 Å². The second-order valence-electron chi connectivity index (χ2n) is 4.19. The number of fused-ring (bicyclic) bond motifs is 1. The van der Waals surface area contributed by atoms with Crippen molar-refractivity contribution < 1.29 is 0 Å². The molecule has 18 heavy (non-hydrogen) atoms. The van der Waals surface area contributed by atoms with Crippen molar-refractivity contribution in [1.82, 2.24) is 10.2 Å². The Morgan fingerprint density at radius 1 is 1.00 bits per heavy atom. The van der Waals surface area contributed by atoms with Crippen molar-refractivity contribution in [3.63, 3.8) is 0 Å². The molecule has 0 amide bonds. The fourth-order valence-electron chi connectivity index (χ4n) is 2.06. The smallest absolute Gasteiger partial charge is 0.0753 e. The van der Waals surface area contributed by atoms with E-state index in [0.29, 0.717) is 0 Å².